The Morgan fingerprint density at radius 1 is 1.77 bits per heavy atom. The fourth-order valence-corrected chi connectivity index (χ4v) is 1.32. The van der Waals surface area contributed by atoms with Crippen LogP contribution in [0.1, 0.15) is 16.1 Å². The third kappa shape index (κ3) is 1.31. The molecule has 0 saturated carbocycles. The average molecular weight is 181 g/mol. The first-order valence-corrected chi connectivity index (χ1v) is 4.14. The topological polar surface area (TPSA) is 72.4 Å². The third-order valence-corrected chi connectivity index (χ3v) is 2.14. The van der Waals surface area contributed by atoms with Crippen molar-refractivity contribution in [3.63, 3.8) is 0 Å². The molecule has 2 rings (SSSR count). The lowest BCUT2D eigenvalue weighted by atomic mass is 10.1. The first-order chi connectivity index (χ1) is 6.18. The minimum absolute atomic E-state index is 0.114. The molecular weight excluding hydrogens is 170 g/mol. The second-order valence-electron chi connectivity index (χ2n) is 3.31. The number of amides is 1. The zero-order valence-corrected chi connectivity index (χ0v) is 7.36. The summed E-state index contributed by atoms with van der Waals surface area (Å²) in [5.74, 6) is 0.212. The highest BCUT2D eigenvalue weighted by Crippen LogP contribution is 2.14. The first kappa shape index (κ1) is 8.25. The number of carbonyl (C=O) groups is 1. The molecule has 13 heavy (non-hydrogen) atoms. The van der Waals surface area contributed by atoms with Gasteiger partial charge in [0.05, 0.1) is 6.20 Å². The minimum Gasteiger partial charge on any atom is -0.351 e. The van der Waals surface area contributed by atoms with Gasteiger partial charge < -0.3 is 15.2 Å². The van der Waals surface area contributed by atoms with Gasteiger partial charge in [-0.1, -0.05) is 5.16 Å². The van der Waals surface area contributed by atoms with Crippen LogP contribution in [-0.4, -0.2) is 35.1 Å². The Morgan fingerprint density at radius 2 is 2.46 bits per heavy atom. The van der Waals surface area contributed by atoms with Crippen LogP contribution < -0.4 is 5.73 Å². The van der Waals surface area contributed by atoms with E-state index in [1.165, 1.54) is 6.20 Å². The molecule has 1 saturated heterocycles. The van der Waals surface area contributed by atoms with Crippen molar-refractivity contribution in [2.75, 3.05) is 13.1 Å². The van der Waals surface area contributed by atoms with Crippen LogP contribution in [0.25, 0.3) is 0 Å². The number of nitrogens with two attached hydrogens (primary N) is 1. The van der Waals surface area contributed by atoms with Crippen molar-refractivity contribution in [1.29, 1.82) is 0 Å². The van der Waals surface area contributed by atoms with Crippen LogP contribution in [0.4, 0.5) is 0 Å². The van der Waals surface area contributed by atoms with Crippen molar-refractivity contribution < 1.29 is 9.32 Å². The van der Waals surface area contributed by atoms with Gasteiger partial charge in [-0.3, -0.25) is 4.79 Å². The highest BCUT2D eigenvalue weighted by molar-refractivity contribution is 5.93. The first-order valence-electron chi connectivity index (χ1n) is 4.14. The Bertz CT molecular complexity index is 328. The minimum atomic E-state index is -0.114. The van der Waals surface area contributed by atoms with E-state index in [1.807, 2.05) is 0 Å². The Labute approximate surface area is 75.5 Å². The molecule has 0 unspecified atom stereocenters. The fourth-order valence-electron chi connectivity index (χ4n) is 1.32. The smallest absolute Gasteiger partial charge is 0.292 e. The largest absolute Gasteiger partial charge is 0.351 e. The summed E-state index contributed by atoms with van der Waals surface area (Å²) >= 11 is 0. The normalized spacial score (nSPS) is 17.2. The van der Waals surface area contributed by atoms with Gasteiger partial charge in [-0.2, -0.15) is 0 Å². The van der Waals surface area contributed by atoms with E-state index in [4.69, 9.17) is 10.3 Å². The van der Waals surface area contributed by atoms with Crippen molar-refractivity contribution in [2.24, 2.45) is 5.73 Å². The van der Waals surface area contributed by atoms with Crippen molar-refractivity contribution in [3.05, 3.63) is 17.5 Å². The summed E-state index contributed by atoms with van der Waals surface area (Å²) in [5.41, 5.74) is 6.33. The Balaban J connectivity index is 2.10. The predicted molar refractivity (Wildman–Crippen MR) is 45.1 cm³/mol. The van der Waals surface area contributed by atoms with Gasteiger partial charge in [-0.05, 0) is 6.92 Å². The molecule has 0 aromatic carbocycles. The van der Waals surface area contributed by atoms with E-state index in [9.17, 15) is 4.79 Å². The molecule has 1 fully saturated rings. The maximum Gasteiger partial charge on any atom is 0.292 e. The molecule has 1 amide bonds. The SMILES string of the molecule is Cc1cnoc1C(=O)N1CC(N)C1. The molecule has 1 aliphatic rings. The van der Waals surface area contributed by atoms with Crippen molar-refractivity contribution in [1.82, 2.24) is 10.1 Å². The van der Waals surface area contributed by atoms with Gasteiger partial charge >= 0.3 is 0 Å². The molecule has 0 radical (unpaired) electrons. The molecule has 0 spiro atoms. The van der Waals surface area contributed by atoms with Crippen LogP contribution in [0.3, 0.4) is 0 Å². The van der Waals surface area contributed by atoms with Crippen LogP contribution >= 0.6 is 0 Å². The summed E-state index contributed by atoms with van der Waals surface area (Å²) in [5, 5.41) is 3.55. The summed E-state index contributed by atoms with van der Waals surface area (Å²) in [7, 11) is 0. The van der Waals surface area contributed by atoms with Crippen LogP contribution in [0.15, 0.2) is 10.7 Å². The van der Waals surface area contributed by atoms with Gasteiger partial charge in [0.15, 0.2) is 0 Å². The van der Waals surface area contributed by atoms with Gasteiger partial charge in [0.25, 0.3) is 5.91 Å². The van der Waals surface area contributed by atoms with Gasteiger partial charge in [0.2, 0.25) is 5.76 Å². The van der Waals surface area contributed by atoms with E-state index in [0.717, 1.165) is 5.56 Å². The van der Waals surface area contributed by atoms with E-state index < -0.39 is 0 Å². The second-order valence-corrected chi connectivity index (χ2v) is 3.31. The summed E-state index contributed by atoms with van der Waals surface area (Å²) in [4.78, 5) is 13.2. The molecule has 0 aliphatic carbocycles. The van der Waals surface area contributed by atoms with Gasteiger partial charge in [-0.25, -0.2) is 0 Å². The molecular formula is C8H11N3O2. The summed E-state index contributed by atoms with van der Waals surface area (Å²) < 4.78 is 4.84. The number of rotatable bonds is 1. The average Bonchev–Trinajstić information content (AvgIpc) is 2.44. The predicted octanol–water partition coefficient (Wildman–Crippen LogP) is -0.234. The lowest BCUT2D eigenvalue weighted by Crippen LogP contribution is -2.57. The number of aryl methyl sites for hydroxylation is 1. The van der Waals surface area contributed by atoms with Crippen LogP contribution in [0.2, 0.25) is 0 Å². The summed E-state index contributed by atoms with van der Waals surface area (Å²) in [6, 6.07) is 0.118. The third-order valence-electron chi connectivity index (χ3n) is 2.14. The van der Waals surface area contributed by atoms with Crippen molar-refractivity contribution in [3.8, 4) is 0 Å². The van der Waals surface area contributed by atoms with Gasteiger partial charge in [-0.15, -0.1) is 0 Å². The van der Waals surface area contributed by atoms with E-state index in [0.29, 0.717) is 18.8 Å². The second kappa shape index (κ2) is 2.85. The molecule has 70 valence electrons. The van der Waals surface area contributed by atoms with E-state index >= 15 is 0 Å². The van der Waals surface area contributed by atoms with Gasteiger partial charge in [0.1, 0.15) is 0 Å². The number of likely N-dealkylation sites (tertiary alicyclic amines) is 1. The van der Waals surface area contributed by atoms with Crippen LogP contribution in [0, 0.1) is 6.92 Å². The number of aromatic nitrogens is 1. The van der Waals surface area contributed by atoms with Crippen LogP contribution in [-0.2, 0) is 0 Å². The zero-order valence-electron chi connectivity index (χ0n) is 7.36. The number of carbonyl (C=O) groups excluding carboxylic acids is 1. The molecule has 0 bridgehead atoms. The molecule has 1 aromatic rings. The molecule has 1 aliphatic heterocycles. The maximum atomic E-state index is 11.6. The highest BCUT2D eigenvalue weighted by atomic mass is 16.5. The van der Waals surface area contributed by atoms with E-state index in [1.54, 1.807) is 11.8 Å². The monoisotopic (exact) mass is 181 g/mol. The van der Waals surface area contributed by atoms with Gasteiger partial charge in [0, 0.05) is 24.7 Å². The lowest BCUT2D eigenvalue weighted by molar-refractivity contribution is 0.0564. The number of hydrogen-bond acceptors (Lipinski definition) is 4. The quantitative estimate of drug-likeness (QED) is 0.649. The Hall–Kier alpha value is -1.36. The Morgan fingerprint density at radius 3 is 2.92 bits per heavy atom. The standard InChI is InChI=1S/C8H11N3O2/c1-5-2-10-13-7(5)8(12)11-3-6(9)4-11/h2,6H,3-4,9H2,1H3. The van der Waals surface area contributed by atoms with E-state index in [-0.39, 0.29) is 11.9 Å². The van der Waals surface area contributed by atoms with E-state index in [2.05, 4.69) is 5.16 Å². The van der Waals surface area contributed by atoms with Crippen molar-refractivity contribution >= 4 is 5.91 Å². The zero-order chi connectivity index (χ0) is 9.42. The maximum absolute atomic E-state index is 11.6. The molecule has 5 heteroatoms. The highest BCUT2D eigenvalue weighted by Gasteiger charge is 2.31. The van der Waals surface area contributed by atoms with Crippen molar-refractivity contribution in [2.45, 2.75) is 13.0 Å². The molecule has 1 aromatic heterocycles. The fraction of sp³-hybridized carbons (Fsp3) is 0.500. The number of nitrogens with zero attached hydrogens (tertiary/aromatic N) is 2. The molecule has 2 N–H and O–H groups in total. The molecule has 2 heterocycles. The van der Waals surface area contributed by atoms with Crippen LogP contribution in [0.5, 0.6) is 0 Å². The Kier molecular flexibility index (Phi) is 1.81. The summed E-state index contributed by atoms with van der Waals surface area (Å²) in [6.45, 7) is 3.02. The summed E-state index contributed by atoms with van der Waals surface area (Å²) in [6.07, 6.45) is 1.53. The lowest BCUT2D eigenvalue weighted by Gasteiger charge is -2.36. The number of hydrogen-bond donors (Lipinski definition) is 1. The molecule has 5 nitrogen and oxygen atoms in total. The molecule has 0 atom stereocenters.